The molecule has 1 unspecified atom stereocenters. The molecule has 0 aliphatic heterocycles. The Morgan fingerprint density at radius 1 is 0.935 bits per heavy atom. The zero-order valence-corrected chi connectivity index (χ0v) is 18.9. The molecule has 0 fully saturated rings. The molecular weight excluding hydrogens is 392 g/mol. The van der Waals surface area contributed by atoms with Gasteiger partial charge < -0.3 is 16.0 Å². The van der Waals surface area contributed by atoms with Crippen LogP contribution in [0.1, 0.15) is 30.5 Å². The van der Waals surface area contributed by atoms with Gasteiger partial charge in [0.1, 0.15) is 0 Å². The van der Waals surface area contributed by atoms with Crippen molar-refractivity contribution in [2.45, 2.75) is 40.2 Å². The number of hydrogen-bond donors (Lipinski definition) is 3. The molecule has 0 aliphatic carbocycles. The second-order valence-corrected chi connectivity index (χ2v) is 7.68. The molecule has 0 heterocycles. The minimum absolute atomic E-state index is 0.0568. The Balaban J connectivity index is 1.83. The predicted octanol–water partition coefficient (Wildman–Crippen LogP) is 2.88. The van der Waals surface area contributed by atoms with Crippen LogP contribution in [0.4, 0.5) is 11.4 Å². The van der Waals surface area contributed by atoms with Crippen LogP contribution in [0.15, 0.2) is 42.5 Å². The first kappa shape index (κ1) is 24.1. The number of rotatable bonds is 9. The summed E-state index contributed by atoms with van der Waals surface area (Å²) >= 11 is 0. The van der Waals surface area contributed by atoms with Crippen LogP contribution in [-0.4, -0.2) is 48.8 Å². The third-order valence-electron chi connectivity index (χ3n) is 5.27. The summed E-state index contributed by atoms with van der Waals surface area (Å²) in [4.78, 5) is 38.7. The molecule has 7 nitrogen and oxygen atoms in total. The lowest BCUT2D eigenvalue weighted by atomic mass is 10.1. The topological polar surface area (TPSA) is 90.5 Å². The number of para-hydroxylation sites is 2. The van der Waals surface area contributed by atoms with Crippen molar-refractivity contribution in [3.05, 3.63) is 59.2 Å². The van der Waals surface area contributed by atoms with Gasteiger partial charge in [0.25, 0.3) is 0 Å². The summed E-state index contributed by atoms with van der Waals surface area (Å²) in [6.45, 7) is 7.48. The van der Waals surface area contributed by atoms with Crippen LogP contribution < -0.4 is 16.0 Å². The predicted molar refractivity (Wildman–Crippen MR) is 124 cm³/mol. The van der Waals surface area contributed by atoms with Crippen molar-refractivity contribution in [3.8, 4) is 0 Å². The van der Waals surface area contributed by atoms with E-state index in [1.807, 2.05) is 63.2 Å². The van der Waals surface area contributed by atoms with Gasteiger partial charge in [0.05, 0.1) is 19.1 Å². The van der Waals surface area contributed by atoms with Gasteiger partial charge in [-0.1, -0.05) is 43.3 Å². The van der Waals surface area contributed by atoms with Crippen molar-refractivity contribution in [2.75, 3.05) is 30.8 Å². The largest absolute Gasteiger partial charge is 0.346 e. The Bertz CT molecular complexity index is 922. The number of hydrogen-bond acceptors (Lipinski definition) is 4. The maximum absolute atomic E-state index is 12.5. The molecule has 0 aromatic heterocycles. The highest BCUT2D eigenvalue weighted by Gasteiger charge is 2.21. The Morgan fingerprint density at radius 2 is 1.58 bits per heavy atom. The molecule has 2 rings (SSSR count). The second kappa shape index (κ2) is 11.3. The number of carbonyl (C=O) groups excluding carboxylic acids is 3. The summed E-state index contributed by atoms with van der Waals surface area (Å²) in [7, 11) is 1.70. The fourth-order valence-corrected chi connectivity index (χ4v) is 3.21. The smallest absolute Gasteiger partial charge is 0.243 e. The van der Waals surface area contributed by atoms with Crippen molar-refractivity contribution in [1.29, 1.82) is 0 Å². The molecule has 0 saturated heterocycles. The Hall–Kier alpha value is -3.19. The zero-order valence-electron chi connectivity index (χ0n) is 18.9. The fourth-order valence-electron chi connectivity index (χ4n) is 3.21. The molecular formula is C24H32N4O3. The molecule has 7 heteroatoms. The lowest BCUT2D eigenvalue weighted by Crippen LogP contribution is -2.47. The molecule has 31 heavy (non-hydrogen) atoms. The van der Waals surface area contributed by atoms with Crippen molar-refractivity contribution >= 4 is 29.1 Å². The van der Waals surface area contributed by atoms with E-state index in [0.29, 0.717) is 0 Å². The van der Waals surface area contributed by atoms with E-state index in [2.05, 4.69) is 16.0 Å². The summed E-state index contributed by atoms with van der Waals surface area (Å²) in [5, 5.41) is 8.38. The first-order chi connectivity index (χ1) is 14.7. The van der Waals surface area contributed by atoms with Crippen molar-refractivity contribution in [1.82, 2.24) is 10.2 Å². The lowest BCUT2D eigenvalue weighted by Gasteiger charge is -2.23. The summed E-state index contributed by atoms with van der Waals surface area (Å²) in [5.74, 6) is -0.814. The highest BCUT2D eigenvalue weighted by atomic mass is 16.2. The van der Waals surface area contributed by atoms with Crippen molar-refractivity contribution < 1.29 is 14.4 Å². The first-order valence-corrected chi connectivity index (χ1v) is 10.4. The number of anilines is 2. The Labute approximate surface area is 184 Å². The maximum atomic E-state index is 12.5. The first-order valence-electron chi connectivity index (χ1n) is 10.4. The molecule has 0 spiro atoms. The Morgan fingerprint density at radius 3 is 2.23 bits per heavy atom. The van der Waals surface area contributed by atoms with Crippen molar-refractivity contribution in [3.63, 3.8) is 0 Å². The average molecular weight is 425 g/mol. The zero-order chi connectivity index (χ0) is 23.0. The Kier molecular flexibility index (Phi) is 8.75. The van der Waals surface area contributed by atoms with Crippen LogP contribution >= 0.6 is 0 Å². The van der Waals surface area contributed by atoms with E-state index in [9.17, 15) is 14.4 Å². The number of aryl methyl sites for hydroxylation is 3. The van der Waals surface area contributed by atoms with Gasteiger partial charge in [0.2, 0.25) is 17.7 Å². The van der Waals surface area contributed by atoms with E-state index in [-0.39, 0.29) is 30.8 Å². The van der Waals surface area contributed by atoms with Crippen LogP contribution in [-0.2, 0) is 20.8 Å². The number of amides is 3. The van der Waals surface area contributed by atoms with Gasteiger partial charge in [-0.15, -0.1) is 0 Å². The van der Waals surface area contributed by atoms with Gasteiger partial charge in [-0.2, -0.15) is 0 Å². The molecule has 166 valence electrons. The molecule has 0 saturated carbocycles. The van der Waals surface area contributed by atoms with Crippen LogP contribution in [0.5, 0.6) is 0 Å². The third-order valence-corrected chi connectivity index (χ3v) is 5.27. The average Bonchev–Trinajstić information content (AvgIpc) is 2.74. The van der Waals surface area contributed by atoms with E-state index in [1.165, 1.54) is 0 Å². The summed E-state index contributed by atoms with van der Waals surface area (Å²) in [6, 6.07) is 12.8. The normalized spacial score (nSPS) is 11.7. The standard InChI is InChI=1S/C24H32N4O3/c1-6-19-12-7-8-13-20(19)26-22(30)15-28(5)18(4)24(31)25-14-21(29)27-23-16(2)10-9-11-17(23)3/h7-13,18H,6,14-15H2,1-5H3,(H,25,31)(H,26,30)(H,27,29). The van der Waals surface area contributed by atoms with Crippen LogP contribution in [0.25, 0.3) is 0 Å². The molecule has 3 N–H and O–H groups in total. The van der Waals surface area contributed by atoms with Gasteiger partial charge in [-0.25, -0.2) is 0 Å². The van der Waals surface area contributed by atoms with E-state index >= 15 is 0 Å². The molecule has 3 amide bonds. The number of benzene rings is 2. The molecule has 0 radical (unpaired) electrons. The van der Waals surface area contributed by atoms with E-state index in [1.54, 1.807) is 18.9 Å². The number of likely N-dealkylation sites (N-methyl/N-ethyl adjacent to an activating group) is 1. The van der Waals surface area contributed by atoms with Crippen LogP contribution in [0.2, 0.25) is 0 Å². The lowest BCUT2D eigenvalue weighted by molar-refractivity contribution is -0.128. The number of carbonyl (C=O) groups is 3. The minimum Gasteiger partial charge on any atom is -0.346 e. The quantitative estimate of drug-likeness (QED) is 0.577. The molecule has 0 aliphatic rings. The number of nitrogens with one attached hydrogen (secondary N) is 3. The van der Waals surface area contributed by atoms with Gasteiger partial charge in [0.15, 0.2) is 0 Å². The number of nitrogens with zero attached hydrogens (tertiary/aromatic N) is 1. The van der Waals surface area contributed by atoms with Gasteiger partial charge in [0, 0.05) is 11.4 Å². The van der Waals surface area contributed by atoms with E-state index in [4.69, 9.17) is 0 Å². The highest BCUT2D eigenvalue weighted by Crippen LogP contribution is 2.19. The van der Waals surface area contributed by atoms with Gasteiger partial charge in [-0.3, -0.25) is 19.3 Å². The SMILES string of the molecule is CCc1ccccc1NC(=O)CN(C)C(C)C(=O)NCC(=O)Nc1c(C)cccc1C. The van der Waals surface area contributed by atoms with Crippen molar-refractivity contribution in [2.24, 2.45) is 0 Å². The van der Waals surface area contributed by atoms with Crippen LogP contribution in [0, 0.1) is 13.8 Å². The van der Waals surface area contributed by atoms with Crippen LogP contribution in [0.3, 0.4) is 0 Å². The van der Waals surface area contributed by atoms with Gasteiger partial charge in [-0.05, 0) is 57.0 Å². The fraction of sp³-hybridized carbons (Fsp3) is 0.375. The maximum Gasteiger partial charge on any atom is 0.243 e. The minimum atomic E-state index is -0.569. The summed E-state index contributed by atoms with van der Waals surface area (Å²) in [6.07, 6.45) is 0.815. The van der Waals surface area contributed by atoms with E-state index < -0.39 is 6.04 Å². The highest BCUT2D eigenvalue weighted by molar-refractivity contribution is 5.97. The summed E-state index contributed by atoms with van der Waals surface area (Å²) in [5.41, 5.74) is 4.52. The van der Waals surface area contributed by atoms with Gasteiger partial charge >= 0.3 is 0 Å². The molecule has 1 atom stereocenters. The molecule has 2 aromatic carbocycles. The molecule has 0 bridgehead atoms. The monoisotopic (exact) mass is 424 g/mol. The second-order valence-electron chi connectivity index (χ2n) is 7.68. The van der Waals surface area contributed by atoms with E-state index in [0.717, 1.165) is 34.5 Å². The molecule has 2 aromatic rings. The third kappa shape index (κ3) is 6.93. The summed E-state index contributed by atoms with van der Waals surface area (Å²) < 4.78 is 0.